The Labute approximate surface area is 145 Å². The van der Waals surface area contributed by atoms with Gasteiger partial charge >= 0.3 is 0 Å². The van der Waals surface area contributed by atoms with E-state index in [0.717, 1.165) is 33.4 Å². The highest BCUT2D eigenvalue weighted by molar-refractivity contribution is 6.09. The van der Waals surface area contributed by atoms with E-state index in [1.807, 2.05) is 66.9 Å². The SMILES string of the molecule is CCn1c2cc(OC)ccc2c2c(C)nn(-c3ccccc3)c(=O)c21. The summed E-state index contributed by atoms with van der Waals surface area (Å²) in [4.78, 5) is 13.2. The van der Waals surface area contributed by atoms with Gasteiger partial charge in [0.05, 0.1) is 24.0 Å². The molecule has 2 aromatic carbocycles. The second kappa shape index (κ2) is 5.77. The minimum Gasteiger partial charge on any atom is -0.497 e. The quantitative estimate of drug-likeness (QED) is 0.575. The smallest absolute Gasteiger partial charge is 0.296 e. The summed E-state index contributed by atoms with van der Waals surface area (Å²) in [6.07, 6.45) is 0. The molecule has 4 rings (SSSR count). The molecule has 0 aliphatic heterocycles. The van der Waals surface area contributed by atoms with E-state index >= 15 is 0 Å². The molecule has 0 radical (unpaired) electrons. The number of hydrogen-bond donors (Lipinski definition) is 0. The average Bonchev–Trinajstić information content (AvgIpc) is 2.99. The van der Waals surface area contributed by atoms with Crippen LogP contribution < -0.4 is 10.3 Å². The zero-order valence-electron chi connectivity index (χ0n) is 14.5. The van der Waals surface area contributed by atoms with Crippen molar-refractivity contribution in [2.75, 3.05) is 7.11 Å². The molecule has 0 fully saturated rings. The molecule has 0 aliphatic carbocycles. The summed E-state index contributed by atoms with van der Waals surface area (Å²) in [6.45, 7) is 4.69. The van der Waals surface area contributed by atoms with Crippen LogP contribution in [0.15, 0.2) is 53.3 Å². The number of aromatic nitrogens is 3. The van der Waals surface area contributed by atoms with E-state index in [2.05, 4.69) is 5.10 Å². The molecule has 5 heteroatoms. The molecule has 0 unspecified atom stereocenters. The third-order valence-electron chi connectivity index (χ3n) is 4.60. The van der Waals surface area contributed by atoms with Crippen LogP contribution in [0.1, 0.15) is 12.6 Å². The van der Waals surface area contributed by atoms with E-state index in [1.165, 1.54) is 4.68 Å². The van der Waals surface area contributed by atoms with Crippen molar-refractivity contribution >= 4 is 21.8 Å². The molecular weight excluding hydrogens is 314 g/mol. The topological polar surface area (TPSA) is 49.0 Å². The normalized spacial score (nSPS) is 11.3. The predicted octanol–water partition coefficient (Wildman–Crippen LogP) is 3.68. The minimum atomic E-state index is -0.108. The number of ether oxygens (including phenoxy) is 1. The monoisotopic (exact) mass is 333 g/mol. The van der Waals surface area contributed by atoms with Gasteiger partial charge in [0.2, 0.25) is 0 Å². The van der Waals surface area contributed by atoms with Crippen LogP contribution >= 0.6 is 0 Å². The number of fused-ring (bicyclic) bond motifs is 3. The first-order valence-electron chi connectivity index (χ1n) is 8.31. The summed E-state index contributed by atoms with van der Waals surface area (Å²) in [5.41, 5.74) is 3.17. The van der Waals surface area contributed by atoms with E-state index < -0.39 is 0 Å². The number of benzene rings is 2. The lowest BCUT2D eigenvalue weighted by molar-refractivity contribution is 0.415. The Kier molecular flexibility index (Phi) is 3.57. The fourth-order valence-corrected chi connectivity index (χ4v) is 3.46. The Morgan fingerprint density at radius 3 is 2.56 bits per heavy atom. The molecule has 25 heavy (non-hydrogen) atoms. The lowest BCUT2D eigenvalue weighted by Gasteiger charge is -2.08. The lowest BCUT2D eigenvalue weighted by Crippen LogP contribution is -2.24. The number of hydrogen-bond acceptors (Lipinski definition) is 3. The molecule has 126 valence electrons. The Morgan fingerprint density at radius 1 is 1.12 bits per heavy atom. The van der Waals surface area contributed by atoms with Crippen molar-refractivity contribution in [3.05, 3.63) is 64.6 Å². The van der Waals surface area contributed by atoms with Gasteiger partial charge < -0.3 is 9.30 Å². The van der Waals surface area contributed by atoms with E-state index in [1.54, 1.807) is 7.11 Å². The second-order valence-electron chi connectivity index (χ2n) is 5.99. The molecule has 4 aromatic rings. The Balaban J connectivity index is 2.18. The molecule has 0 aliphatic rings. The van der Waals surface area contributed by atoms with E-state index in [9.17, 15) is 4.79 Å². The molecule has 5 nitrogen and oxygen atoms in total. The molecule has 0 spiro atoms. The number of rotatable bonds is 3. The van der Waals surface area contributed by atoms with Crippen LogP contribution in [-0.2, 0) is 6.54 Å². The number of para-hydroxylation sites is 1. The third kappa shape index (κ3) is 2.23. The van der Waals surface area contributed by atoms with Gasteiger partial charge in [-0.15, -0.1) is 0 Å². The Bertz CT molecular complexity index is 1140. The van der Waals surface area contributed by atoms with Crippen LogP contribution in [0.25, 0.3) is 27.5 Å². The Morgan fingerprint density at radius 2 is 1.88 bits per heavy atom. The van der Waals surface area contributed by atoms with Gasteiger partial charge in [-0.3, -0.25) is 4.79 Å². The fraction of sp³-hybridized carbons (Fsp3) is 0.200. The van der Waals surface area contributed by atoms with Crippen molar-refractivity contribution in [3.8, 4) is 11.4 Å². The highest BCUT2D eigenvalue weighted by atomic mass is 16.5. The van der Waals surface area contributed by atoms with Gasteiger partial charge in [0, 0.05) is 23.4 Å². The van der Waals surface area contributed by atoms with E-state index in [0.29, 0.717) is 12.1 Å². The van der Waals surface area contributed by atoms with Gasteiger partial charge in [0.15, 0.2) is 0 Å². The van der Waals surface area contributed by atoms with Gasteiger partial charge in [-0.05, 0) is 38.1 Å². The molecule has 2 heterocycles. The number of methoxy groups -OCH3 is 1. The molecule has 0 saturated carbocycles. The van der Waals surface area contributed by atoms with Gasteiger partial charge in [0.1, 0.15) is 11.3 Å². The molecular formula is C20H19N3O2. The molecule has 0 saturated heterocycles. The first kappa shape index (κ1) is 15.4. The largest absolute Gasteiger partial charge is 0.497 e. The summed E-state index contributed by atoms with van der Waals surface area (Å²) in [5, 5.41) is 6.51. The van der Waals surface area contributed by atoms with Gasteiger partial charge in [-0.1, -0.05) is 18.2 Å². The summed E-state index contributed by atoms with van der Waals surface area (Å²) in [7, 11) is 1.65. The number of nitrogens with zero attached hydrogens (tertiary/aromatic N) is 3. The van der Waals surface area contributed by atoms with E-state index in [-0.39, 0.29) is 5.56 Å². The standard InChI is InChI=1S/C20H19N3O2/c1-4-22-17-12-15(25-3)10-11-16(17)18-13(2)21-23(20(24)19(18)22)14-8-6-5-7-9-14/h5-12H,4H2,1-3H3. The highest BCUT2D eigenvalue weighted by Gasteiger charge is 2.18. The molecule has 0 bridgehead atoms. The molecule has 2 aromatic heterocycles. The Hall–Kier alpha value is -3.08. The van der Waals surface area contributed by atoms with Crippen molar-refractivity contribution in [3.63, 3.8) is 0 Å². The predicted molar refractivity (Wildman–Crippen MR) is 99.8 cm³/mol. The maximum atomic E-state index is 13.2. The summed E-state index contributed by atoms with van der Waals surface area (Å²) in [5.74, 6) is 0.777. The van der Waals surface area contributed by atoms with Crippen LogP contribution in [-0.4, -0.2) is 21.5 Å². The summed E-state index contributed by atoms with van der Waals surface area (Å²) < 4.78 is 8.89. The number of aryl methyl sites for hydroxylation is 2. The van der Waals surface area contributed by atoms with Gasteiger partial charge in [-0.25, -0.2) is 0 Å². The van der Waals surface area contributed by atoms with Crippen molar-refractivity contribution in [2.45, 2.75) is 20.4 Å². The maximum Gasteiger partial charge on any atom is 0.296 e. The van der Waals surface area contributed by atoms with Gasteiger partial charge in [-0.2, -0.15) is 9.78 Å². The van der Waals surface area contributed by atoms with Crippen molar-refractivity contribution in [1.29, 1.82) is 0 Å². The van der Waals surface area contributed by atoms with Crippen molar-refractivity contribution in [1.82, 2.24) is 14.3 Å². The van der Waals surface area contributed by atoms with Crippen molar-refractivity contribution in [2.24, 2.45) is 0 Å². The van der Waals surface area contributed by atoms with Crippen LogP contribution in [0, 0.1) is 6.92 Å². The fourth-order valence-electron chi connectivity index (χ4n) is 3.46. The molecule has 0 amide bonds. The highest BCUT2D eigenvalue weighted by Crippen LogP contribution is 2.31. The molecule has 0 atom stereocenters. The summed E-state index contributed by atoms with van der Waals surface area (Å²) >= 11 is 0. The van der Waals surface area contributed by atoms with Crippen LogP contribution in [0.3, 0.4) is 0 Å². The van der Waals surface area contributed by atoms with E-state index in [4.69, 9.17) is 4.74 Å². The lowest BCUT2D eigenvalue weighted by atomic mass is 10.1. The average molecular weight is 333 g/mol. The zero-order chi connectivity index (χ0) is 17.6. The third-order valence-corrected chi connectivity index (χ3v) is 4.60. The van der Waals surface area contributed by atoms with Gasteiger partial charge in [0.25, 0.3) is 5.56 Å². The second-order valence-corrected chi connectivity index (χ2v) is 5.99. The minimum absolute atomic E-state index is 0.108. The summed E-state index contributed by atoms with van der Waals surface area (Å²) in [6, 6.07) is 15.4. The van der Waals surface area contributed by atoms with Crippen LogP contribution in [0.5, 0.6) is 5.75 Å². The van der Waals surface area contributed by atoms with Crippen LogP contribution in [0.2, 0.25) is 0 Å². The van der Waals surface area contributed by atoms with Crippen LogP contribution in [0.4, 0.5) is 0 Å². The van der Waals surface area contributed by atoms with Crippen molar-refractivity contribution < 1.29 is 4.74 Å². The first-order chi connectivity index (χ1) is 12.2. The first-order valence-corrected chi connectivity index (χ1v) is 8.31. The molecule has 0 N–H and O–H groups in total. The maximum absolute atomic E-state index is 13.2. The zero-order valence-corrected chi connectivity index (χ0v) is 14.5.